The van der Waals surface area contributed by atoms with Crippen molar-refractivity contribution in [1.82, 2.24) is 24.7 Å². The second kappa shape index (κ2) is 7.64. The van der Waals surface area contributed by atoms with Crippen LogP contribution in [0.25, 0.3) is 16.6 Å². The van der Waals surface area contributed by atoms with E-state index in [4.69, 9.17) is 0 Å². The molecule has 34 heavy (non-hydrogen) atoms. The fourth-order valence-corrected chi connectivity index (χ4v) is 6.89. The first-order chi connectivity index (χ1) is 16.3. The van der Waals surface area contributed by atoms with Gasteiger partial charge in [0.05, 0.1) is 15.8 Å². The lowest BCUT2D eigenvalue weighted by Gasteiger charge is -2.38. The average Bonchev–Trinajstić information content (AvgIpc) is 3.45. The maximum absolute atomic E-state index is 13.5. The Bertz CT molecular complexity index is 1610. The van der Waals surface area contributed by atoms with Gasteiger partial charge in [0.15, 0.2) is 5.65 Å². The minimum absolute atomic E-state index is 0.0789. The van der Waals surface area contributed by atoms with Gasteiger partial charge in [-0.2, -0.15) is 4.52 Å². The summed E-state index contributed by atoms with van der Waals surface area (Å²) in [5.74, 6) is 0. The molecule has 176 valence electrons. The monoisotopic (exact) mass is 478 g/mol. The van der Waals surface area contributed by atoms with E-state index in [-0.39, 0.29) is 21.1 Å². The van der Waals surface area contributed by atoms with Gasteiger partial charge in [0, 0.05) is 31.4 Å². The summed E-state index contributed by atoms with van der Waals surface area (Å²) in [7, 11) is -3.98. The minimum atomic E-state index is -3.98. The molecule has 2 aromatic carbocycles. The molecule has 10 heteroatoms. The summed E-state index contributed by atoms with van der Waals surface area (Å²) >= 11 is 0. The van der Waals surface area contributed by atoms with Crippen molar-refractivity contribution in [3.63, 3.8) is 0 Å². The zero-order chi connectivity index (χ0) is 23.6. The lowest BCUT2D eigenvalue weighted by Crippen LogP contribution is -2.50. The van der Waals surface area contributed by atoms with Crippen LogP contribution in [0.5, 0.6) is 0 Å². The van der Waals surface area contributed by atoms with E-state index in [9.17, 15) is 13.2 Å². The van der Waals surface area contributed by atoms with Crippen LogP contribution < -0.4 is 10.5 Å². The van der Waals surface area contributed by atoms with Gasteiger partial charge in [0.1, 0.15) is 0 Å². The number of piperazine rings is 1. The van der Waals surface area contributed by atoms with Crippen LogP contribution in [0.3, 0.4) is 0 Å². The molecule has 0 aliphatic carbocycles. The third-order valence-corrected chi connectivity index (χ3v) is 8.97. The highest BCUT2D eigenvalue weighted by Crippen LogP contribution is 2.29. The van der Waals surface area contributed by atoms with Crippen molar-refractivity contribution in [2.75, 3.05) is 31.1 Å². The Morgan fingerprint density at radius 1 is 1.06 bits per heavy atom. The summed E-state index contributed by atoms with van der Waals surface area (Å²) in [5, 5.41) is 8.37. The number of aromatic amines is 1. The molecule has 0 saturated carbocycles. The number of nitrogens with one attached hydrogen (secondary N) is 1. The Morgan fingerprint density at radius 3 is 2.74 bits per heavy atom. The molecule has 0 amide bonds. The Hall–Kier alpha value is -3.24. The van der Waals surface area contributed by atoms with E-state index in [1.165, 1.54) is 23.9 Å². The predicted octanol–water partition coefficient (Wildman–Crippen LogP) is 2.30. The second-order valence-electron chi connectivity index (χ2n) is 9.36. The molecule has 1 atom stereocenters. The van der Waals surface area contributed by atoms with E-state index in [1.807, 2.05) is 25.1 Å². The van der Waals surface area contributed by atoms with E-state index >= 15 is 0 Å². The van der Waals surface area contributed by atoms with Crippen LogP contribution in [0.15, 0.2) is 51.1 Å². The predicted molar refractivity (Wildman–Crippen MR) is 129 cm³/mol. The zero-order valence-electron chi connectivity index (χ0n) is 19.2. The van der Waals surface area contributed by atoms with Crippen molar-refractivity contribution in [2.24, 2.45) is 0 Å². The van der Waals surface area contributed by atoms with Crippen molar-refractivity contribution in [2.45, 2.75) is 42.7 Å². The number of aromatic nitrogens is 4. The molecule has 1 N–H and O–H groups in total. The van der Waals surface area contributed by atoms with Gasteiger partial charge in [-0.25, -0.2) is 8.42 Å². The van der Waals surface area contributed by atoms with Gasteiger partial charge in [-0.05, 0) is 63.1 Å². The average molecular weight is 479 g/mol. The summed E-state index contributed by atoms with van der Waals surface area (Å²) in [4.78, 5) is 20.7. The maximum Gasteiger partial charge on any atom is 0.259 e. The minimum Gasteiger partial charge on any atom is -0.369 e. The zero-order valence-corrected chi connectivity index (χ0v) is 20.0. The molecule has 0 bridgehead atoms. The molecule has 0 spiro atoms. The van der Waals surface area contributed by atoms with Crippen LogP contribution in [0.2, 0.25) is 0 Å². The van der Waals surface area contributed by atoms with E-state index < -0.39 is 9.84 Å². The summed E-state index contributed by atoms with van der Waals surface area (Å²) in [5.41, 5.74) is 2.84. The summed E-state index contributed by atoms with van der Waals surface area (Å²) in [6, 6.07) is 11.4. The van der Waals surface area contributed by atoms with Crippen molar-refractivity contribution in [3.8, 4) is 0 Å². The molecule has 2 aliphatic rings. The molecule has 0 unspecified atom stereocenters. The highest BCUT2D eigenvalue weighted by Gasteiger charge is 2.31. The largest absolute Gasteiger partial charge is 0.369 e. The topological polar surface area (TPSA) is 104 Å². The second-order valence-corrected chi connectivity index (χ2v) is 11.2. The van der Waals surface area contributed by atoms with Crippen LogP contribution in [0, 0.1) is 13.8 Å². The number of hydrogen-bond donors (Lipinski definition) is 1. The van der Waals surface area contributed by atoms with Crippen LogP contribution in [-0.4, -0.2) is 65.4 Å². The molecular weight excluding hydrogens is 452 g/mol. The van der Waals surface area contributed by atoms with Crippen molar-refractivity contribution in [3.05, 3.63) is 57.9 Å². The number of hydrogen-bond acceptors (Lipinski definition) is 7. The van der Waals surface area contributed by atoms with Crippen molar-refractivity contribution in [1.29, 1.82) is 0 Å². The molecule has 4 aromatic rings. The molecule has 2 fully saturated rings. The van der Waals surface area contributed by atoms with Crippen LogP contribution >= 0.6 is 0 Å². The Balaban J connectivity index is 1.48. The molecule has 0 radical (unpaired) electrons. The molecule has 6 rings (SSSR count). The van der Waals surface area contributed by atoms with Gasteiger partial charge in [0.25, 0.3) is 5.56 Å². The summed E-state index contributed by atoms with van der Waals surface area (Å²) in [6.07, 6.45) is 2.44. The number of H-pyrrole nitrogens is 1. The molecule has 2 aliphatic heterocycles. The summed E-state index contributed by atoms with van der Waals surface area (Å²) < 4.78 is 28.3. The Morgan fingerprint density at radius 2 is 1.91 bits per heavy atom. The molecule has 4 heterocycles. The number of sulfone groups is 1. The lowest BCUT2D eigenvalue weighted by molar-refractivity contribution is 0.231. The van der Waals surface area contributed by atoms with Gasteiger partial charge in [-0.3, -0.25) is 9.69 Å². The van der Waals surface area contributed by atoms with E-state index in [0.29, 0.717) is 22.5 Å². The first-order valence-corrected chi connectivity index (χ1v) is 13.0. The number of anilines is 1. The number of rotatable bonds is 3. The third kappa shape index (κ3) is 3.24. The van der Waals surface area contributed by atoms with Crippen molar-refractivity contribution >= 4 is 32.1 Å². The SMILES string of the molecule is Cc1ccc(S(=O)(=O)c2nnn3c2[nH]c(=O)c2ccc(N4CCN5CCC[C@H]5C4)cc23)c(C)c1. The highest BCUT2D eigenvalue weighted by atomic mass is 32.2. The van der Waals surface area contributed by atoms with Gasteiger partial charge in [0.2, 0.25) is 14.9 Å². The fourth-order valence-electron chi connectivity index (χ4n) is 5.41. The highest BCUT2D eigenvalue weighted by molar-refractivity contribution is 7.91. The normalized spacial score (nSPS) is 19.2. The van der Waals surface area contributed by atoms with Gasteiger partial charge < -0.3 is 9.88 Å². The molecule has 2 aromatic heterocycles. The standard InChI is InChI=1S/C24H26N6O3S/c1-15-5-8-21(16(2)12-15)34(32,33)24-22-25-23(31)19-7-6-17(13-20(19)30(22)27-26-24)29-11-10-28-9-3-4-18(28)14-29/h5-8,12-13,18H,3-4,9-11,14H2,1-2H3,(H,25,31)/t18-/m0/s1. The molecule has 9 nitrogen and oxygen atoms in total. The van der Waals surface area contributed by atoms with E-state index in [1.54, 1.807) is 25.1 Å². The molecular formula is C24H26N6O3S. The quantitative estimate of drug-likeness (QED) is 0.482. The molecule has 2 saturated heterocycles. The Kier molecular flexibility index (Phi) is 4.79. The van der Waals surface area contributed by atoms with Crippen LogP contribution in [-0.2, 0) is 9.84 Å². The number of benzene rings is 2. The Labute approximate surface area is 196 Å². The number of aryl methyl sites for hydroxylation is 2. The smallest absolute Gasteiger partial charge is 0.259 e. The fraction of sp³-hybridized carbons (Fsp3) is 0.375. The van der Waals surface area contributed by atoms with Crippen LogP contribution in [0.4, 0.5) is 5.69 Å². The van der Waals surface area contributed by atoms with E-state index in [0.717, 1.165) is 30.9 Å². The first-order valence-electron chi connectivity index (χ1n) is 11.6. The third-order valence-electron chi connectivity index (χ3n) is 7.15. The van der Waals surface area contributed by atoms with Gasteiger partial charge in [-0.1, -0.05) is 22.9 Å². The van der Waals surface area contributed by atoms with Crippen LogP contribution in [0.1, 0.15) is 24.0 Å². The van der Waals surface area contributed by atoms with Crippen molar-refractivity contribution < 1.29 is 8.42 Å². The van der Waals surface area contributed by atoms with E-state index in [2.05, 4.69) is 25.1 Å². The number of nitrogens with zero attached hydrogens (tertiary/aromatic N) is 5. The lowest BCUT2D eigenvalue weighted by atomic mass is 10.1. The number of fused-ring (bicyclic) bond motifs is 4. The maximum atomic E-state index is 13.5. The summed E-state index contributed by atoms with van der Waals surface area (Å²) in [6.45, 7) is 7.71. The van der Waals surface area contributed by atoms with Gasteiger partial charge in [-0.15, -0.1) is 5.10 Å². The van der Waals surface area contributed by atoms with Gasteiger partial charge >= 0.3 is 0 Å². The first kappa shape index (κ1) is 21.3.